The van der Waals surface area contributed by atoms with E-state index in [1.165, 1.54) is 12.2 Å². The largest absolute Gasteiger partial charge is 0.355 e. The summed E-state index contributed by atoms with van der Waals surface area (Å²) < 4.78 is 2.08. The number of anilines is 1. The van der Waals surface area contributed by atoms with Crippen LogP contribution in [0.1, 0.15) is 11.4 Å². The fourth-order valence-electron chi connectivity index (χ4n) is 3.29. The van der Waals surface area contributed by atoms with Gasteiger partial charge in [0.05, 0.1) is 16.4 Å². The zero-order valence-electron chi connectivity index (χ0n) is 16.2. The summed E-state index contributed by atoms with van der Waals surface area (Å²) in [5.74, 6) is 0.974. The molecule has 0 aromatic carbocycles. The van der Waals surface area contributed by atoms with Crippen LogP contribution < -0.4 is 4.90 Å². The second kappa shape index (κ2) is 8.59. The van der Waals surface area contributed by atoms with Gasteiger partial charge in [-0.25, -0.2) is 4.98 Å². The van der Waals surface area contributed by atoms with E-state index in [1.807, 2.05) is 18.3 Å². The molecule has 1 aliphatic heterocycles. The number of fused-ring (bicyclic) bond motifs is 1. The summed E-state index contributed by atoms with van der Waals surface area (Å²) in [6.45, 7) is 4.05. The van der Waals surface area contributed by atoms with Crippen LogP contribution in [0.25, 0.3) is 17.8 Å². The molecular formula is C22H22ClN5O. The summed E-state index contributed by atoms with van der Waals surface area (Å²) >= 11 is 6.05. The summed E-state index contributed by atoms with van der Waals surface area (Å²) in [6.07, 6.45) is 9.91. The van der Waals surface area contributed by atoms with Crippen LogP contribution in [0.4, 0.5) is 5.82 Å². The maximum Gasteiger partial charge on any atom is 0.178 e. The number of halogens is 1. The molecule has 0 N–H and O–H groups in total. The lowest BCUT2D eigenvalue weighted by Crippen LogP contribution is -2.45. The van der Waals surface area contributed by atoms with E-state index in [4.69, 9.17) is 11.6 Å². The van der Waals surface area contributed by atoms with E-state index in [9.17, 15) is 4.79 Å². The van der Waals surface area contributed by atoms with Crippen molar-refractivity contribution in [1.29, 1.82) is 0 Å². The first-order valence-electron chi connectivity index (χ1n) is 9.52. The number of hydrogen-bond acceptors (Lipinski definition) is 5. The number of aromatic nitrogens is 3. The second-order valence-corrected chi connectivity index (χ2v) is 7.41. The number of pyridine rings is 2. The van der Waals surface area contributed by atoms with Gasteiger partial charge >= 0.3 is 0 Å². The van der Waals surface area contributed by atoms with Gasteiger partial charge in [-0.1, -0.05) is 17.7 Å². The fourth-order valence-corrected chi connectivity index (χ4v) is 3.48. The predicted molar refractivity (Wildman–Crippen MR) is 117 cm³/mol. The smallest absolute Gasteiger partial charge is 0.178 e. The molecule has 3 aromatic heterocycles. The summed E-state index contributed by atoms with van der Waals surface area (Å²) in [7, 11) is 2.14. The van der Waals surface area contributed by atoms with Crippen LogP contribution in [0.3, 0.4) is 0 Å². The van der Waals surface area contributed by atoms with E-state index in [0.717, 1.165) is 43.3 Å². The van der Waals surface area contributed by atoms with Gasteiger partial charge in [0.15, 0.2) is 5.78 Å². The molecule has 0 atom stereocenters. The Morgan fingerprint density at radius 3 is 2.66 bits per heavy atom. The molecule has 0 amide bonds. The molecule has 1 fully saturated rings. The van der Waals surface area contributed by atoms with E-state index in [0.29, 0.717) is 10.7 Å². The number of allylic oxidation sites excluding steroid dienone is 2. The van der Waals surface area contributed by atoms with Gasteiger partial charge in [0.1, 0.15) is 11.5 Å². The molecule has 4 rings (SSSR count). The van der Waals surface area contributed by atoms with Gasteiger partial charge in [0, 0.05) is 38.6 Å². The Labute approximate surface area is 174 Å². The topological polar surface area (TPSA) is 53.7 Å². The lowest BCUT2D eigenvalue weighted by Gasteiger charge is -2.34. The van der Waals surface area contributed by atoms with Crippen molar-refractivity contribution in [3.63, 3.8) is 0 Å². The quantitative estimate of drug-likeness (QED) is 0.606. The SMILES string of the molecule is CN1CCN(c2cccc3nc(/C=C/C(=O)/C=C/c4ncccc4Cl)cn23)CC1. The van der Waals surface area contributed by atoms with Gasteiger partial charge in [-0.3, -0.25) is 14.2 Å². The van der Waals surface area contributed by atoms with Gasteiger partial charge in [-0.05, 0) is 55.6 Å². The molecule has 4 heterocycles. The number of ketones is 1. The van der Waals surface area contributed by atoms with E-state index in [-0.39, 0.29) is 5.78 Å². The van der Waals surface area contributed by atoms with Crippen molar-refractivity contribution in [3.05, 3.63) is 71.3 Å². The Morgan fingerprint density at radius 1 is 1.07 bits per heavy atom. The Kier molecular flexibility index (Phi) is 5.74. The second-order valence-electron chi connectivity index (χ2n) is 7.01. The molecule has 148 valence electrons. The highest BCUT2D eigenvalue weighted by Crippen LogP contribution is 2.20. The summed E-state index contributed by atoms with van der Waals surface area (Å²) in [5.41, 5.74) is 2.17. The fraction of sp³-hybridized carbons (Fsp3) is 0.227. The van der Waals surface area contributed by atoms with Crippen LogP contribution in [0, 0.1) is 0 Å². The molecule has 0 radical (unpaired) electrons. The number of rotatable bonds is 5. The van der Waals surface area contributed by atoms with Crippen molar-refractivity contribution in [2.75, 3.05) is 38.1 Å². The van der Waals surface area contributed by atoms with E-state index in [1.54, 1.807) is 30.5 Å². The maximum atomic E-state index is 12.2. The first-order valence-corrected chi connectivity index (χ1v) is 9.90. The molecule has 0 spiro atoms. The zero-order valence-corrected chi connectivity index (χ0v) is 17.0. The first-order chi connectivity index (χ1) is 14.1. The Bertz CT molecular complexity index is 1080. The molecule has 3 aromatic rings. The lowest BCUT2D eigenvalue weighted by atomic mass is 10.2. The minimum atomic E-state index is -0.150. The highest BCUT2D eigenvalue weighted by molar-refractivity contribution is 6.31. The summed E-state index contributed by atoms with van der Waals surface area (Å²) in [4.78, 5) is 25.6. The molecule has 0 saturated carbocycles. The maximum absolute atomic E-state index is 12.2. The standard InChI is InChI=1S/C22H22ClN5O/c1-26-12-14-27(15-13-26)22-6-2-5-21-25-17(16-28(21)22)7-8-18(29)9-10-20-19(23)4-3-11-24-20/h2-11,16H,12-15H2,1H3/b8-7+,10-9+. The average molecular weight is 408 g/mol. The normalized spacial score (nSPS) is 15.7. The minimum Gasteiger partial charge on any atom is -0.355 e. The third kappa shape index (κ3) is 4.55. The van der Waals surface area contributed by atoms with E-state index >= 15 is 0 Å². The molecule has 0 bridgehead atoms. The average Bonchev–Trinajstić information content (AvgIpc) is 3.15. The van der Waals surface area contributed by atoms with E-state index in [2.05, 4.69) is 37.3 Å². The number of likely N-dealkylation sites (N-methyl/N-ethyl adjacent to an activating group) is 1. The van der Waals surface area contributed by atoms with Crippen molar-refractivity contribution < 1.29 is 4.79 Å². The van der Waals surface area contributed by atoms with Crippen LogP contribution in [0.15, 0.2) is 54.9 Å². The minimum absolute atomic E-state index is 0.150. The number of hydrogen-bond donors (Lipinski definition) is 0. The Morgan fingerprint density at radius 2 is 1.86 bits per heavy atom. The predicted octanol–water partition coefficient (Wildman–Crippen LogP) is 3.43. The Balaban J connectivity index is 1.50. The van der Waals surface area contributed by atoms with Gasteiger partial charge in [-0.2, -0.15) is 0 Å². The van der Waals surface area contributed by atoms with Crippen molar-refractivity contribution in [2.45, 2.75) is 0 Å². The molecular weight excluding hydrogens is 386 g/mol. The number of imidazole rings is 1. The van der Waals surface area contributed by atoms with Crippen LogP contribution in [-0.2, 0) is 4.79 Å². The van der Waals surface area contributed by atoms with Gasteiger partial charge in [0.2, 0.25) is 0 Å². The third-order valence-electron chi connectivity index (χ3n) is 4.93. The van der Waals surface area contributed by atoms with Gasteiger partial charge < -0.3 is 9.80 Å². The van der Waals surface area contributed by atoms with Crippen LogP contribution in [0.2, 0.25) is 5.02 Å². The van der Waals surface area contributed by atoms with Crippen molar-refractivity contribution in [2.24, 2.45) is 0 Å². The molecule has 0 unspecified atom stereocenters. The number of carbonyl (C=O) groups is 1. The van der Waals surface area contributed by atoms with Crippen molar-refractivity contribution in [3.8, 4) is 0 Å². The van der Waals surface area contributed by atoms with Gasteiger partial charge in [0.25, 0.3) is 0 Å². The van der Waals surface area contributed by atoms with Crippen LogP contribution in [0.5, 0.6) is 0 Å². The highest BCUT2D eigenvalue weighted by atomic mass is 35.5. The lowest BCUT2D eigenvalue weighted by molar-refractivity contribution is -0.110. The monoisotopic (exact) mass is 407 g/mol. The molecule has 1 saturated heterocycles. The zero-order chi connectivity index (χ0) is 20.2. The number of nitrogens with zero attached hydrogens (tertiary/aromatic N) is 5. The first kappa shape index (κ1) is 19.4. The number of piperazine rings is 1. The third-order valence-corrected chi connectivity index (χ3v) is 5.25. The van der Waals surface area contributed by atoms with E-state index < -0.39 is 0 Å². The summed E-state index contributed by atoms with van der Waals surface area (Å²) in [6, 6.07) is 9.60. The molecule has 7 heteroatoms. The molecule has 29 heavy (non-hydrogen) atoms. The van der Waals surface area contributed by atoms with Crippen LogP contribution in [-0.4, -0.2) is 58.3 Å². The van der Waals surface area contributed by atoms with Gasteiger partial charge in [-0.15, -0.1) is 0 Å². The molecule has 6 nitrogen and oxygen atoms in total. The van der Waals surface area contributed by atoms with Crippen LogP contribution >= 0.6 is 11.6 Å². The van der Waals surface area contributed by atoms with Crippen molar-refractivity contribution in [1.82, 2.24) is 19.3 Å². The molecule has 1 aliphatic rings. The highest BCUT2D eigenvalue weighted by Gasteiger charge is 2.16. The summed E-state index contributed by atoms with van der Waals surface area (Å²) in [5, 5.41) is 0.511. The number of carbonyl (C=O) groups excluding carboxylic acids is 1. The molecule has 0 aliphatic carbocycles. The Hall–Kier alpha value is -2.96. The van der Waals surface area contributed by atoms with Crippen molar-refractivity contribution >= 4 is 41.0 Å².